The monoisotopic (exact) mass is 459 g/mol. The molecule has 0 spiro atoms. The van der Waals surface area contributed by atoms with Crippen molar-refractivity contribution in [1.82, 2.24) is 9.38 Å². The van der Waals surface area contributed by atoms with Crippen LogP contribution in [0.3, 0.4) is 0 Å². The fourth-order valence-corrected chi connectivity index (χ4v) is 5.11. The number of benzene rings is 2. The lowest BCUT2D eigenvalue weighted by molar-refractivity contribution is 0.0996. The lowest BCUT2D eigenvalue weighted by Gasteiger charge is -2.10. The van der Waals surface area contributed by atoms with Gasteiger partial charge in [0.1, 0.15) is 0 Å². The van der Waals surface area contributed by atoms with Crippen LogP contribution in [0.4, 0.5) is 5.69 Å². The molecule has 0 fully saturated rings. The fraction of sp³-hybridized carbons (Fsp3) is 0.0417. The van der Waals surface area contributed by atoms with Crippen LogP contribution < -0.4 is 10.9 Å². The zero-order valence-corrected chi connectivity index (χ0v) is 18.4. The first-order valence-corrected chi connectivity index (χ1v) is 11.7. The van der Waals surface area contributed by atoms with Gasteiger partial charge in [-0.3, -0.25) is 14.0 Å². The molecule has 0 unspecified atom stereocenters. The molecule has 1 N–H and O–H groups in total. The predicted molar refractivity (Wildman–Crippen MR) is 127 cm³/mol. The zero-order valence-electron chi connectivity index (χ0n) is 16.7. The third-order valence-electron chi connectivity index (χ3n) is 4.78. The molecule has 0 saturated carbocycles. The molecule has 32 heavy (non-hydrogen) atoms. The molecule has 0 aliphatic rings. The average Bonchev–Trinajstić information content (AvgIpc) is 3.50. The Morgan fingerprint density at radius 2 is 1.88 bits per heavy atom. The van der Waals surface area contributed by atoms with Crippen LogP contribution in [0.15, 0.2) is 98.5 Å². The number of amides is 1. The van der Waals surface area contributed by atoms with E-state index in [4.69, 9.17) is 4.42 Å². The fourth-order valence-electron chi connectivity index (χ4n) is 3.29. The number of para-hydroxylation sites is 1. The molecule has 2 aromatic carbocycles. The summed E-state index contributed by atoms with van der Waals surface area (Å²) >= 11 is 2.95. The summed E-state index contributed by atoms with van der Waals surface area (Å²) < 4.78 is 6.80. The van der Waals surface area contributed by atoms with Crippen LogP contribution in [0.25, 0.3) is 16.2 Å². The Bertz CT molecular complexity index is 1440. The predicted octanol–water partition coefficient (Wildman–Crippen LogP) is 5.56. The normalized spacial score (nSPS) is 11.0. The maximum absolute atomic E-state index is 12.9. The van der Waals surface area contributed by atoms with Crippen molar-refractivity contribution in [2.75, 3.05) is 5.32 Å². The Morgan fingerprint density at radius 3 is 2.69 bits per heavy atom. The lowest BCUT2D eigenvalue weighted by atomic mass is 10.2. The van der Waals surface area contributed by atoms with Crippen molar-refractivity contribution in [2.45, 2.75) is 10.6 Å². The number of thiazole rings is 1. The van der Waals surface area contributed by atoms with Gasteiger partial charge in [-0.2, -0.15) is 0 Å². The van der Waals surface area contributed by atoms with Crippen LogP contribution in [0.5, 0.6) is 0 Å². The summed E-state index contributed by atoms with van der Waals surface area (Å²) in [6.07, 6.45) is 1.46. The maximum Gasteiger partial charge on any atom is 0.291 e. The summed E-state index contributed by atoms with van der Waals surface area (Å²) in [5.41, 5.74) is 3.08. The number of anilines is 1. The number of nitrogens with zero attached hydrogens (tertiary/aromatic N) is 2. The second-order valence-electron chi connectivity index (χ2n) is 6.91. The van der Waals surface area contributed by atoms with Crippen molar-refractivity contribution < 1.29 is 9.21 Å². The number of carbonyl (C=O) groups excluding carboxylic acids is 1. The number of nitrogens with one attached hydrogen (secondary N) is 1. The van der Waals surface area contributed by atoms with Crippen molar-refractivity contribution in [3.8, 4) is 11.3 Å². The quantitative estimate of drug-likeness (QED) is 0.336. The number of aromatic nitrogens is 2. The minimum atomic E-state index is -0.312. The van der Waals surface area contributed by atoms with E-state index in [-0.39, 0.29) is 17.2 Å². The number of thioether (sulfide) groups is 1. The molecule has 0 saturated heterocycles. The molecule has 6 nitrogen and oxygen atoms in total. The Labute approximate surface area is 191 Å². The second-order valence-corrected chi connectivity index (χ2v) is 8.76. The summed E-state index contributed by atoms with van der Waals surface area (Å²) in [7, 11) is 0. The van der Waals surface area contributed by atoms with Crippen molar-refractivity contribution in [2.24, 2.45) is 0 Å². The average molecular weight is 460 g/mol. The van der Waals surface area contributed by atoms with Gasteiger partial charge in [-0.1, -0.05) is 42.5 Å². The van der Waals surface area contributed by atoms with Gasteiger partial charge in [0.25, 0.3) is 11.5 Å². The number of carbonyl (C=O) groups is 1. The first kappa shape index (κ1) is 20.3. The van der Waals surface area contributed by atoms with Gasteiger partial charge in [-0.15, -0.1) is 23.1 Å². The van der Waals surface area contributed by atoms with Crippen molar-refractivity contribution in [3.05, 3.63) is 106 Å². The molecule has 0 aliphatic heterocycles. The first-order valence-electron chi connectivity index (χ1n) is 9.81. The minimum Gasteiger partial charge on any atom is -0.459 e. The maximum atomic E-state index is 12.9. The van der Waals surface area contributed by atoms with Crippen molar-refractivity contribution in [3.63, 3.8) is 0 Å². The summed E-state index contributed by atoms with van der Waals surface area (Å²) in [4.78, 5) is 31.4. The summed E-state index contributed by atoms with van der Waals surface area (Å²) in [5, 5.41) is 4.83. The van der Waals surface area contributed by atoms with Crippen molar-refractivity contribution in [1.29, 1.82) is 0 Å². The molecular weight excluding hydrogens is 442 g/mol. The van der Waals surface area contributed by atoms with Crippen LogP contribution in [-0.4, -0.2) is 15.3 Å². The molecule has 0 radical (unpaired) electrons. The van der Waals surface area contributed by atoms with Crippen LogP contribution in [0.2, 0.25) is 0 Å². The van der Waals surface area contributed by atoms with E-state index in [1.54, 1.807) is 22.6 Å². The first-order chi connectivity index (χ1) is 15.7. The van der Waals surface area contributed by atoms with E-state index in [0.717, 1.165) is 16.2 Å². The molecule has 8 heteroatoms. The highest BCUT2D eigenvalue weighted by atomic mass is 32.2. The van der Waals surface area contributed by atoms with E-state index < -0.39 is 0 Å². The third-order valence-corrected chi connectivity index (χ3v) is 6.72. The van der Waals surface area contributed by atoms with Gasteiger partial charge >= 0.3 is 0 Å². The standard InChI is InChI=1S/C24H17N3O3S2/c28-22-13-17(25-24-27(22)19(15-32-24)16-7-2-1-3-8-16)14-31-21-11-5-4-9-18(21)26-23(29)20-10-6-12-30-20/h1-13,15H,14H2,(H,26,29). The molecule has 0 aliphatic carbocycles. The van der Waals surface area contributed by atoms with E-state index in [1.165, 1.54) is 29.4 Å². The molecular formula is C24H17N3O3S2. The Kier molecular flexibility index (Phi) is 5.62. The van der Waals surface area contributed by atoms with E-state index in [1.807, 2.05) is 60.0 Å². The van der Waals surface area contributed by atoms with Gasteiger partial charge in [0, 0.05) is 22.1 Å². The highest BCUT2D eigenvalue weighted by Crippen LogP contribution is 2.30. The van der Waals surface area contributed by atoms with Gasteiger partial charge in [0.15, 0.2) is 10.7 Å². The van der Waals surface area contributed by atoms with E-state index >= 15 is 0 Å². The molecule has 0 atom stereocenters. The molecule has 0 bridgehead atoms. The highest BCUT2D eigenvalue weighted by Gasteiger charge is 2.14. The Balaban J connectivity index is 1.37. The molecule has 3 heterocycles. The Hall–Kier alpha value is -3.62. The number of hydrogen-bond acceptors (Lipinski definition) is 6. The summed E-state index contributed by atoms with van der Waals surface area (Å²) in [6, 6.07) is 22.2. The smallest absolute Gasteiger partial charge is 0.291 e. The van der Waals surface area contributed by atoms with E-state index in [2.05, 4.69) is 10.3 Å². The number of fused-ring (bicyclic) bond motifs is 1. The van der Waals surface area contributed by atoms with Crippen LogP contribution in [0.1, 0.15) is 16.2 Å². The second kappa shape index (κ2) is 8.86. The molecule has 158 valence electrons. The van der Waals surface area contributed by atoms with Gasteiger partial charge in [-0.05, 0) is 29.8 Å². The van der Waals surface area contributed by atoms with Gasteiger partial charge in [0.05, 0.1) is 23.3 Å². The van der Waals surface area contributed by atoms with Gasteiger partial charge in [0.2, 0.25) is 0 Å². The van der Waals surface area contributed by atoms with Crippen LogP contribution in [0, 0.1) is 0 Å². The molecule has 5 aromatic rings. The van der Waals surface area contributed by atoms with Gasteiger partial charge in [-0.25, -0.2) is 4.98 Å². The number of rotatable bonds is 6. The summed E-state index contributed by atoms with van der Waals surface area (Å²) in [5.74, 6) is 0.433. The largest absolute Gasteiger partial charge is 0.459 e. The van der Waals surface area contributed by atoms with E-state index in [9.17, 15) is 9.59 Å². The third kappa shape index (κ3) is 4.10. The minimum absolute atomic E-state index is 0.106. The lowest BCUT2D eigenvalue weighted by Crippen LogP contribution is -2.14. The van der Waals surface area contributed by atoms with Crippen LogP contribution >= 0.6 is 23.1 Å². The number of hydrogen-bond donors (Lipinski definition) is 1. The molecule has 5 rings (SSSR count). The topological polar surface area (TPSA) is 76.6 Å². The van der Waals surface area contributed by atoms with Gasteiger partial charge < -0.3 is 9.73 Å². The highest BCUT2D eigenvalue weighted by molar-refractivity contribution is 7.98. The van der Waals surface area contributed by atoms with E-state index in [0.29, 0.717) is 22.1 Å². The SMILES string of the molecule is O=C(Nc1ccccc1SCc1cc(=O)n2c(-c3ccccc3)csc2n1)c1ccco1. The van der Waals surface area contributed by atoms with Crippen molar-refractivity contribution >= 4 is 39.7 Å². The molecule has 1 amide bonds. The molecule has 3 aromatic heterocycles. The summed E-state index contributed by atoms with van der Waals surface area (Å²) in [6.45, 7) is 0. The Morgan fingerprint density at radius 1 is 1.06 bits per heavy atom. The van der Waals surface area contributed by atoms with Crippen LogP contribution in [-0.2, 0) is 5.75 Å². The zero-order chi connectivity index (χ0) is 21.9. The number of furan rings is 1.